The molecule has 4 aromatic carbocycles. The number of carbonyl (C=O) groups is 1. The van der Waals surface area contributed by atoms with Crippen molar-refractivity contribution in [3.05, 3.63) is 136 Å². The molecular formula is C31H27N7O2S. The summed E-state index contributed by atoms with van der Waals surface area (Å²) in [4.78, 5) is 14.7. The van der Waals surface area contributed by atoms with Gasteiger partial charge in [0.05, 0.1) is 12.8 Å². The molecule has 1 fully saturated rings. The molecule has 0 saturated carbocycles. The summed E-state index contributed by atoms with van der Waals surface area (Å²) in [5.74, 6) is 1.08. The maximum Gasteiger partial charge on any atom is 0.279 e. The van der Waals surface area contributed by atoms with Crippen molar-refractivity contribution in [2.45, 2.75) is 18.2 Å². The van der Waals surface area contributed by atoms with E-state index in [1.54, 1.807) is 7.11 Å². The third-order valence-electron chi connectivity index (χ3n) is 7.81. The van der Waals surface area contributed by atoms with Crippen LogP contribution in [0.1, 0.15) is 22.5 Å². The van der Waals surface area contributed by atoms with Crippen molar-refractivity contribution in [1.82, 2.24) is 20.3 Å². The molecule has 3 N–H and O–H groups in total. The molecule has 9 nitrogen and oxygen atoms in total. The molecule has 0 radical (unpaired) electrons. The number of methoxy groups -OCH3 is 1. The summed E-state index contributed by atoms with van der Waals surface area (Å²) in [5, 5.41) is 14.6. The van der Waals surface area contributed by atoms with E-state index in [9.17, 15) is 4.79 Å². The largest absolute Gasteiger partial charge is 0.497 e. The van der Waals surface area contributed by atoms with Crippen molar-refractivity contribution in [1.29, 1.82) is 0 Å². The van der Waals surface area contributed by atoms with E-state index in [1.807, 2.05) is 131 Å². The van der Waals surface area contributed by atoms with Crippen molar-refractivity contribution in [3.8, 4) is 5.75 Å². The molecular weight excluding hydrogens is 534 g/mol. The first-order chi connectivity index (χ1) is 20.0. The molecule has 3 heterocycles. The zero-order valence-corrected chi connectivity index (χ0v) is 23.2. The van der Waals surface area contributed by atoms with E-state index in [2.05, 4.69) is 20.9 Å². The number of nitrogens with one attached hydrogen (secondary N) is 3. The van der Waals surface area contributed by atoms with Crippen LogP contribution in [0.5, 0.6) is 5.75 Å². The molecule has 2 aliphatic heterocycles. The van der Waals surface area contributed by atoms with Crippen LogP contribution in [0, 0.1) is 11.7 Å². The lowest BCUT2D eigenvalue weighted by atomic mass is 9.88. The Morgan fingerprint density at radius 2 is 1.46 bits per heavy atom. The minimum absolute atomic E-state index is 0.233. The Morgan fingerprint density at radius 1 is 0.829 bits per heavy atom. The van der Waals surface area contributed by atoms with Crippen molar-refractivity contribution < 1.29 is 9.53 Å². The molecule has 2 unspecified atom stereocenters. The summed E-state index contributed by atoms with van der Waals surface area (Å²) in [6, 6.07) is 35.5. The van der Waals surface area contributed by atoms with Crippen LogP contribution in [-0.4, -0.2) is 27.9 Å². The van der Waals surface area contributed by atoms with Gasteiger partial charge >= 0.3 is 0 Å². The van der Waals surface area contributed by atoms with Gasteiger partial charge in [0.1, 0.15) is 11.6 Å². The van der Waals surface area contributed by atoms with Crippen molar-refractivity contribution in [2.24, 2.45) is 0 Å². The van der Waals surface area contributed by atoms with E-state index in [0.29, 0.717) is 10.6 Å². The van der Waals surface area contributed by atoms with Gasteiger partial charge in [0.2, 0.25) is 4.77 Å². The van der Waals surface area contributed by atoms with Crippen molar-refractivity contribution in [3.63, 3.8) is 0 Å². The Hall–Kier alpha value is -4.93. The van der Waals surface area contributed by atoms with Gasteiger partial charge in [-0.15, -0.1) is 0 Å². The van der Waals surface area contributed by atoms with Gasteiger partial charge in [-0.1, -0.05) is 78.9 Å². The fourth-order valence-electron chi connectivity index (χ4n) is 6.07. The highest BCUT2D eigenvalue weighted by molar-refractivity contribution is 7.71. The van der Waals surface area contributed by atoms with Gasteiger partial charge in [-0.3, -0.25) is 14.9 Å². The smallest absolute Gasteiger partial charge is 0.279 e. The van der Waals surface area contributed by atoms with Crippen LogP contribution in [0.25, 0.3) is 0 Å². The topological polar surface area (TPSA) is 90.4 Å². The lowest BCUT2D eigenvalue weighted by Crippen LogP contribution is -2.64. The quantitative estimate of drug-likeness (QED) is 0.262. The molecule has 10 heteroatoms. The molecule has 204 valence electrons. The van der Waals surface area contributed by atoms with Gasteiger partial charge in [0, 0.05) is 16.8 Å². The molecule has 1 amide bonds. The Labute approximate surface area is 241 Å². The number of aryl methyl sites for hydroxylation is 1. The van der Waals surface area contributed by atoms with Crippen LogP contribution in [0.2, 0.25) is 0 Å². The summed E-state index contributed by atoms with van der Waals surface area (Å²) >= 11 is 5.87. The predicted molar refractivity (Wildman–Crippen MR) is 159 cm³/mol. The van der Waals surface area contributed by atoms with Crippen LogP contribution in [-0.2, 0) is 16.1 Å². The first-order valence-corrected chi connectivity index (χ1v) is 13.6. The molecule has 1 saturated heterocycles. The molecule has 1 aromatic heterocycles. The number of amides is 1. The van der Waals surface area contributed by atoms with Gasteiger partial charge in [-0.05, 0) is 55.0 Å². The standard InChI is InChI=1S/C31H27N7O2S/c1-21-33-34-29(41)36(21)38-30(22-11-5-3-6-12-22,23-17-19-25(40-2)20-18-23)35-37(24-13-7-4-8-14-24)31(38)26-15-9-10-16-27(26)32-28(31)39/h3-20,35H,1-2H3,(H,32,39)(H,34,41). The Kier molecular flexibility index (Phi) is 5.70. The second-order valence-corrected chi connectivity index (χ2v) is 10.3. The van der Waals surface area contributed by atoms with E-state index in [4.69, 9.17) is 17.0 Å². The van der Waals surface area contributed by atoms with E-state index in [0.717, 1.165) is 33.8 Å². The van der Waals surface area contributed by atoms with Gasteiger partial charge in [-0.25, -0.2) is 9.69 Å². The predicted octanol–water partition coefficient (Wildman–Crippen LogP) is 4.93. The molecule has 5 aromatic rings. The first-order valence-electron chi connectivity index (χ1n) is 13.2. The number of hydrogen-bond donors (Lipinski definition) is 3. The molecule has 7 rings (SSSR count). The van der Waals surface area contributed by atoms with E-state index in [1.165, 1.54) is 0 Å². The zero-order chi connectivity index (χ0) is 28.2. The number of hydrogen-bond acceptors (Lipinski definition) is 7. The monoisotopic (exact) mass is 561 g/mol. The highest BCUT2D eigenvalue weighted by atomic mass is 32.1. The summed E-state index contributed by atoms with van der Waals surface area (Å²) < 4.78 is 7.68. The average Bonchev–Trinajstić information content (AvgIpc) is 3.63. The number of carbonyl (C=O) groups excluding carboxylic acids is 1. The molecule has 2 aliphatic rings. The molecule has 0 aliphatic carbocycles. The number of anilines is 2. The van der Waals surface area contributed by atoms with Crippen LogP contribution < -0.4 is 25.5 Å². The van der Waals surface area contributed by atoms with E-state index < -0.39 is 11.3 Å². The normalized spacial score (nSPS) is 21.3. The number of aromatic nitrogens is 3. The molecule has 1 spiro atoms. The summed E-state index contributed by atoms with van der Waals surface area (Å²) in [5.41, 5.74) is 5.30. The minimum atomic E-state index is -1.43. The lowest BCUT2D eigenvalue weighted by Gasteiger charge is -2.45. The third kappa shape index (κ3) is 3.41. The SMILES string of the molecule is COc1ccc(C2(c3ccccc3)NN(c3ccccc3)C3(C(=O)Nc4ccccc43)N2n2c(C)n[nH]c2=S)cc1. The van der Waals surface area contributed by atoms with Crippen molar-refractivity contribution >= 4 is 29.5 Å². The summed E-state index contributed by atoms with van der Waals surface area (Å²) in [7, 11) is 1.64. The number of para-hydroxylation sites is 2. The van der Waals surface area contributed by atoms with Crippen LogP contribution in [0.3, 0.4) is 0 Å². The molecule has 41 heavy (non-hydrogen) atoms. The summed E-state index contributed by atoms with van der Waals surface area (Å²) in [6.07, 6.45) is 0. The number of nitrogens with zero attached hydrogens (tertiary/aromatic N) is 4. The number of benzene rings is 4. The molecule has 2 atom stereocenters. The van der Waals surface area contributed by atoms with Crippen LogP contribution in [0.4, 0.5) is 11.4 Å². The number of rotatable bonds is 5. The van der Waals surface area contributed by atoms with E-state index in [-0.39, 0.29) is 5.91 Å². The highest BCUT2D eigenvalue weighted by Gasteiger charge is 2.69. The van der Waals surface area contributed by atoms with Gasteiger partial charge in [0.15, 0.2) is 5.66 Å². The molecule has 0 bridgehead atoms. The Bertz CT molecular complexity index is 1810. The Balaban J connectivity index is 1.67. The summed E-state index contributed by atoms with van der Waals surface area (Å²) in [6.45, 7) is 1.87. The Morgan fingerprint density at radius 3 is 2.12 bits per heavy atom. The fraction of sp³-hybridized carbons (Fsp3) is 0.129. The number of hydrazine groups is 1. The van der Waals surface area contributed by atoms with E-state index >= 15 is 0 Å². The second kappa shape index (κ2) is 9.33. The highest BCUT2D eigenvalue weighted by Crippen LogP contribution is 2.54. The number of ether oxygens (including phenoxy) is 1. The van der Waals surface area contributed by atoms with Gasteiger partial charge < -0.3 is 10.1 Å². The fourth-order valence-corrected chi connectivity index (χ4v) is 6.33. The first kappa shape index (κ1) is 25.1. The minimum Gasteiger partial charge on any atom is -0.497 e. The maximum atomic E-state index is 14.7. The van der Waals surface area contributed by atoms with Gasteiger partial charge in [-0.2, -0.15) is 10.5 Å². The zero-order valence-electron chi connectivity index (χ0n) is 22.4. The van der Waals surface area contributed by atoms with Gasteiger partial charge in [0.25, 0.3) is 11.6 Å². The van der Waals surface area contributed by atoms with Crippen molar-refractivity contribution in [2.75, 3.05) is 22.4 Å². The van der Waals surface area contributed by atoms with Crippen LogP contribution >= 0.6 is 12.2 Å². The lowest BCUT2D eigenvalue weighted by molar-refractivity contribution is -0.121. The second-order valence-electron chi connectivity index (χ2n) is 9.96. The average molecular weight is 562 g/mol. The maximum absolute atomic E-state index is 14.7. The third-order valence-corrected chi connectivity index (χ3v) is 8.08. The number of H-pyrrole nitrogens is 1. The number of fused-ring (bicyclic) bond motifs is 2. The number of aromatic amines is 1. The van der Waals surface area contributed by atoms with Crippen LogP contribution in [0.15, 0.2) is 109 Å².